The summed E-state index contributed by atoms with van der Waals surface area (Å²) >= 11 is 0. The highest BCUT2D eigenvalue weighted by Gasteiger charge is 2.33. The van der Waals surface area contributed by atoms with E-state index in [1.807, 2.05) is 18.2 Å². The van der Waals surface area contributed by atoms with Crippen LogP contribution in [0.3, 0.4) is 0 Å². The zero-order valence-corrected chi connectivity index (χ0v) is 18.2. The van der Waals surface area contributed by atoms with Crippen LogP contribution in [0.4, 0.5) is 5.69 Å². The van der Waals surface area contributed by atoms with Crippen LogP contribution in [0.1, 0.15) is 19.3 Å². The van der Waals surface area contributed by atoms with Gasteiger partial charge >= 0.3 is 0 Å². The molecule has 2 amide bonds. The maximum atomic E-state index is 12.9. The average molecular weight is 446 g/mol. The Morgan fingerprint density at radius 1 is 1.10 bits per heavy atom. The fraction of sp³-hybridized carbons (Fsp3) is 0.364. The number of amides is 2. The zero-order chi connectivity index (χ0) is 22.3. The largest absolute Gasteiger partial charge is 0.497 e. The maximum absolute atomic E-state index is 12.9. The van der Waals surface area contributed by atoms with Crippen molar-refractivity contribution in [2.75, 3.05) is 32.1 Å². The van der Waals surface area contributed by atoms with Crippen LogP contribution >= 0.6 is 0 Å². The van der Waals surface area contributed by atoms with E-state index < -0.39 is 15.9 Å². The van der Waals surface area contributed by atoms with Crippen molar-refractivity contribution in [1.29, 1.82) is 0 Å². The normalized spacial score (nSPS) is 17.0. The van der Waals surface area contributed by atoms with E-state index in [-0.39, 0.29) is 36.2 Å². The molecule has 9 heteroatoms. The van der Waals surface area contributed by atoms with Crippen molar-refractivity contribution >= 4 is 27.5 Å². The zero-order valence-electron chi connectivity index (χ0n) is 17.4. The number of ether oxygens (including phenoxy) is 1. The number of para-hydroxylation sites is 1. The summed E-state index contributed by atoms with van der Waals surface area (Å²) < 4.78 is 32.3. The van der Waals surface area contributed by atoms with Crippen LogP contribution in [-0.2, 0) is 19.6 Å². The highest BCUT2D eigenvalue weighted by atomic mass is 32.2. The molecule has 0 saturated carbocycles. The highest BCUT2D eigenvalue weighted by Crippen LogP contribution is 2.25. The number of benzene rings is 2. The Bertz CT molecular complexity index is 994. The van der Waals surface area contributed by atoms with E-state index in [2.05, 4.69) is 10.6 Å². The van der Waals surface area contributed by atoms with Crippen LogP contribution < -0.4 is 15.4 Å². The van der Waals surface area contributed by atoms with Crippen molar-refractivity contribution in [1.82, 2.24) is 9.62 Å². The number of sulfonamides is 1. The van der Waals surface area contributed by atoms with Gasteiger partial charge in [0.25, 0.3) is 0 Å². The molecule has 31 heavy (non-hydrogen) atoms. The Labute approximate surface area is 182 Å². The molecule has 0 bridgehead atoms. The number of anilines is 1. The van der Waals surface area contributed by atoms with E-state index in [0.29, 0.717) is 30.8 Å². The minimum atomic E-state index is -3.69. The molecule has 0 aliphatic carbocycles. The van der Waals surface area contributed by atoms with Gasteiger partial charge in [-0.2, -0.15) is 4.31 Å². The summed E-state index contributed by atoms with van der Waals surface area (Å²) in [7, 11) is -2.17. The van der Waals surface area contributed by atoms with Gasteiger partial charge < -0.3 is 15.4 Å². The van der Waals surface area contributed by atoms with Crippen molar-refractivity contribution in [3.63, 3.8) is 0 Å². The lowest BCUT2D eigenvalue weighted by Gasteiger charge is -2.31. The summed E-state index contributed by atoms with van der Waals surface area (Å²) in [5.74, 6) is -0.300. The van der Waals surface area contributed by atoms with Crippen LogP contribution in [0.5, 0.6) is 5.75 Å². The Morgan fingerprint density at radius 3 is 2.48 bits per heavy atom. The molecule has 2 N–H and O–H groups in total. The Morgan fingerprint density at radius 2 is 1.81 bits per heavy atom. The smallest absolute Gasteiger partial charge is 0.243 e. The first-order valence-corrected chi connectivity index (χ1v) is 11.6. The number of nitrogens with zero attached hydrogens (tertiary/aromatic N) is 1. The molecule has 0 radical (unpaired) electrons. The van der Waals surface area contributed by atoms with E-state index >= 15 is 0 Å². The SMILES string of the molecule is COc1ccc(S(=O)(=O)N2CCC[C@@H](C(=O)NCCC(=O)Nc3ccccc3)C2)cc1. The van der Waals surface area contributed by atoms with Gasteiger partial charge in [-0.25, -0.2) is 8.42 Å². The number of piperidine rings is 1. The van der Waals surface area contributed by atoms with E-state index in [9.17, 15) is 18.0 Å². The fourth-order valence-corrected chi connectivity index (χ4v) is 4.98. The monoisotopic (exact) mass is 445 g/mol. The van der Waals surface area contributed by atoms with Gasteiger partial charge in [0, 0.05) is 31.7 Å². The standard InChI is InChI=1S/C22H27N3O5S/c1-30-19-9-11-20(12-10-19)31(28,29)25-15-5-6-17(16-25)22(27)23-14-13-21(26)24-18-7-3-2-4-8-18/h2-4,7-12,17H,5-6,13-16H2,1H3,(H,23,27)(H,24,26)/t17-/m1/s1. The number of methoxy groups -OCH3 is 1. The first-order chi connectivity index (χ1) is 14.9. The van der Waals surface area contributed by atoms with Crippen LogP contribution in [0.15, 0.2) is 59.5 Å². The molecule has 1 saturated heterocycles. The van der Waals surface area contributed by atoms with Gasteiger partial charge in [-0.3, -0.25) is 9.59 Å². The van der Waals surface area contributed by atoms with Gasteiger partial charge in [-0.15, -0.1) is 0 Å². The van der Waals surface area contributed by atoms with Gasteiger partial charge in [-0.1, -0.05) is 18.2 Å². The summed E-state index contributed by atoms with van der Waals surface area (Å²) in [6.07, 6.45) is 1.35. The van der Waals surface area contributed by atoms with E-state index in [4.69, 9.17) is 4.74 Å². The van der Waals surface area contributed by atoms with Gasteiger partial charge in [0.05, 0.1) is 17.9 Å². The molecule has 2 aromatic rings. The maximum Gasteiger partial charge on any atom is 0.243 e. The minimum Gasteiger partial charge on any atom is -0.497 e. The van der Waals surface area contributed by atoms with Gasteiger partial charge in [0.15, 0.2) is 0 Å². The average Bonchev–Trinajstić information content (AvgIpc) is 2.79. The number of hydrogen-bond donors (Lipinski definition) is 2. The topological polar surface area (TPSA) is 105 Å². The molecule has 1 aliphatic heterocycles. The molecular weight excluding hydrogens is 418 g/mol. The first kappa shape index (κ1) is 22.8. The molecule has 166 valence electrons. The number of rotatable bonds is 8. The van der Waals surface area contributed by atoms with Gasteiger partial charge in [-0.05, 0) is 49.2 Å². The second-order valence-corrected chi connectivity index (χ2v) is 9.27. The van der Waals surface area contributed by atoms with Crippen molar-refractivity contribution in [2.24, 2.45) is 5.92 Å². The molecule has 3 rings (SSSR count). The Hall–Kier alpha value is -2.91. The predicted octanol–water partition coefficient (Wildman–Crippen LogP) is 2.24. The third-order valence-corrected chi connectivity index (χ3v) is 7.04. The van der Waals surface area contributed by atoms with Crippen LogP contribution in [-0.4, -0.2) is 51.3 Å². The lowest BCUT2D eigenvalue weighted by Crippen LogP contribution is -2.45. The molecule has 0 spiro atoms. The lowest BCUT2D eigenvalue weighted by molar-refractivity contribution is -0.126. The third kappa shape index (κ3) is 6.05. The quantitative estimate of drug-likeness (QED) is 0.648. The predicted molar refractivity (Wildman–Crippen MR) is 117 cm³/mol. The molecule has 1 aliphatic rings. The highest BCUT2D eigenvalue weighted by molar-refractivity contribution is 7.89. The fourth-order valence-electron chi connectivity index (χ4n) is 3.46. The van der Waals surface area contributed by atoms with E-state index in [1.54, 1.807) is 24.3 Å². The minimum absolute atomic E-state index is 0.121. The lowest BCUT2D eigenvalue weighted by atomic mass is 9.99. The summed E-state index contributed by atoms with van der Waals surface area (Å²) in [6.45, 7) is 0.688. The van der Waals surface area contributed by atoms with Crippen molar-refractivity contribution < 1.29 is 22.7 Å². The van der Waals surface area contributed by atoms with E-state index in [0.717, 1.165) is 0 Å². The van der Waals surface area contributed by atoms with Crippen LogP contribution in [0.2, 0.25) is 0 Å². The van der Waals surface area contributed by atoms with Crippen LogP contribution in [0.25, 0.3) is 0 Å². The second kappa shape index (κ2) is 10.4. The molecule has 1 heterocycles. The summed E-state index contributed by atoms with van der Waals surface area (Å²) in [5.41, 5.74) is 0.700. The van der Waals surface area contributed by atoms with Crippen molar-refractivity contribution in [3.05, 3.63) is 54.6 Å². The molecule has 0 aromatic heterocycles. The Kier molecular flexibility index (Phi) is 7.64. The summed E-state index contributed by atoms with van der Waals surface area (Å²) in [6, 6.07) is 15.3. The Balaban J connectivity index is 1.51. The molecule has 2 aromatic carbocycles. The third-order valence-electron chi connectivity index (χ3n) is 5.16. The number of carbonyl (C=O) groups excluding carboxylic acids is 2. The molecular formula is C22H27N3O5S. The molecule has 0 unspecified atom stereocenters. The molecule has 1 atom stereocenters. The van der Waals surface area contributed by atoms with E-state index in [1.165, 1.54) is 23.5 Å². The second-order valence-electron chi connectivity index (χ2n) is 7.33. The molecule has 8 nitrogen and oxygen atoms in total. The van der Waals surface area contributed by atoms with Crippen molar-refractivity contribution in [2.45, 2.75) is 24.2 Å². The summed E-state index contributed by atoms with van der Waals surface area (Å²) in [4.78, 5) is 24.7. The number of carbonyl (C=O) groups is 2. The van der Waals surface area contributed by atoms with Crippen LogP contribution in [0, 0.1) is 5.92 Å². The number of hydrogen-bond acceptors (Lipinski definition) is 5. The summed E-state index contributed by atoms with van der Waals surface area (Å²) in [5, 5.41) is 5.52. The van der Waals surface area contributed by atoms with Gasteiger partial charge in [0.1, 0.15) is 5.75 Å². The van der Waals surface area contributed by atoms with Gasteiger partial charge in [0.2, 0.25) is 21.8 Å². The van der Waals surface area contributed by atoms with Crippen molar-refractivity contribution in [3.8, 4) is 5.75 Å². The molecule has 1 fully saturated rings. The number of nitrogens with one attached hydrogen (secondary N) is 2. The first-order valence-electron chi connectivity index (χ1n) is 10.2.